The maximum Gasteiger partial charge on any atom is 0.243 e. The molecule has 19 heavy (non-hydrogen) atoms. The third-order valence-corrected chi connectivity index (χ3v) is 6.07. The van der Waals surface area contributed by atoms with Crippen molar-refractivity contribution in [1.82, 2.24) is 9.62 Å². The van der Waals surface area contributed by atoms with E-state index in [4.69, 9.17) is 0 Å². The van der Waals surface area contributed by atoms with Crippen LogP contribution in [0.3, 0.4) is 0 Å². The molecule has 0 amide bonds. The van der Waals surface area contributed by atoms with Gasteiger partial charge in [-0.3, -0.25) is 0 Å². The third kappa shape index (κ3) is 2.42. The molecule has 0 spiro atoms. The zero-order valence-electron chi connectivity index (χ0n) is 11.2. The van der Waals surface area contributed by atoms with E-state index in [0.29, 0.717) is 29.9 Å². The number of fused-ring (bicyclic) bond motifs is 1. The molecule has 0 radical (unpaired) electrons. The molecule has 4 nitrogen and oxygen atoms in total. The number of sulfonamides is 1. The van der Waals surface area contributed by atoms with Crippen LogP contribution in [0.1, 0.15) is 18.4 Å². The quantitative estimate of drug-likeness (QED) is 0.890. The molecule has 2 atom stereocenters. The molecule has 104 valence electrons. The molecule has 2 heterocycles. The molecule has 1 unspecified atom stereocenters. The molecule has 2 saturated heterocycles. The summed E-state index contributed by atoms with van der Waals surface area (Å²) in [6.45, 7) is 4.25. The number of aryl methyl sites for hydroxylation is 1. The van der Waals surface area contributed by atoms with Gasteiger partial charge in [0.25, 0.3) is 0 Å². The fourth-order valence-corrected chi connectivity index (χ4v) is 4.59. The minimum Gasteiger partial charge on any atom is -0.312 e. The summed E-state index contributed by atoms with van der Waals surface area (Å²) >= 11 is 0. The lowest BCUT2D eigenvalue weighted by Gasteiger charge is -2.24. The van der Waals surface area contributed by atoms with Crippen LogP contribution in [-0.2, 0) is 10.0 Å². The Morgan fingerprint density at radius 1 is 1.21 bits per heavy atom. The largest absolute Gasteiger partial charge is 0.312 e. The lowest BCUT2D eigenvalue weighted by molar-refractivity contribution is 0.339. The number of nitrogens with zero attached hydrogens (tertiary/aromatic N) is 1. The number of piperidine rings is 1. The Morgan fingerprint density at radius 2 is 1.95 bits per heavy atom. The monoisotopic (exact) mass is 280 g/mol. The summed E-state index contributed by atoms with van der Waals surface area (Å²) in [6, 6.07) is 7.47. The maximum atomic E-state index is 12.6. The van der Waals surface area contributed by atoms with Gasteiger partial charge < -0.3 is 5.32 Å². The van der Waals surface area contributed by atoms with Crippen LogP contribution in [0, 0.1) is 12.8 Å². The van der Waals surface area contributed by atoms with E-state index >= 15 is 0 Å². The Labute approximate surface area is 114 Å². The van der Waals surface area contributed by atoms with Crippen molar-refractivity contribution in [3.63, 3.8) is 0 Å². The highest BCUT2D eigenvalue weighted by atomic mass is 32.2. The van der Waals surface area contributed by atoms with Gasteiger partial charge >= 0.3 is 0 Å². The summed E-state index contributed by atoms with van der Waals surface area (Å²) in [5.74, 6) is 0.481. The van der Waals surface area contributed by atoms with Crippen molar-refractivity contribution in [1.29, 1.82) is 0 Å². The minimum atomic E-state index is -3.32. The van der Waals surface area contributed by atoms with Gasteiger partial charge in [0.2, 0.25) is 10.0 Å². The fraction of sp³-hybridized carbons (Fsp3) is 0.571. The van der Waals surface area contributed by atoms with Crippen LogP contribution in [0.4, 0.5) is 0 Å². The van der Waals surface area contributed by atoms with Crippen LogP contribution in [0.25, 0.3) is 0 Å². The molecule has 1 aromatic rings. The van der Waals surface area contributed by atoms with Gasteiger partial charge in [-0.2, -0.15) is 4.31 Å². The van der Waals surface area contributed by atoms with Crippen molar-refractivity contribution in [3.8, 4) is 0 Å². The third-order valence-electron chi connectivity index (χ3n) is 4.22. The second-order valence-corrected chi connectivity index (χ2v) is 7.54. The van der Waals surface area contributed by atoms with Crippen molar-refractivity contribution < 1.29 is 8.42 Å². The fourth-order valence-electron chi connectivity index (χ4n) is 3.06. The first-order valence-corrected chi connectivity index (χ1v) is 8.31. The standard InChI is InChI=1S/C14H20N2O2S/c1-11-4-6-13(7-5-11)19(17,18)16-9-12-3-2-8-15-14(12)10-16/h4-7,12,14-15H,2-3,8-10H2,1H3/t12-,14?/m1/s1. The smallest absolute Gasteiger partial charge is 0.243 e. The van der Waals surface area contributed by atoms with Crippen LogP contribution >= 0.6 is 0 Å². The van der Waals surface area contributed by atoms with E-state index in [0.717, 1.165) is 24.9 Å². The molecule has 5 heteroatoms. The highest BCUT2D eigenvalue weighted by molar-refractivity contribution is 7.89. The Hall–Kier alpha value is -0.910. The minimum absolute atomic E-state index is 0.342. The average Bonchev–Trinajstić information content (AvgIpc) is 2.83. The Kier molecular flexibility index (Phi) is 3.37. The summed E-state index contributed by atoms with van der Waals surface area (Å²) < 4.78 is 26.8. The zero-order valence-corrected chi connectivity index (χ0v) is 12.0. The number of hydrogen-bond acceptors (Lipinski definition) is 3. The number of benzene rings is 1. The van der Waals surface area contributed by atoms with Gasteiger partial charge in [0.15, 0.2) is 0 Å². The first kappa shape index (κ1) is 13.1. The van der Waals surface area contributed by atoms with Crippen molar-refractivity contribution in [2.45, 2.75) is 30.7 Å². The predicted octanol–water partition coefficient (Wildman–Crippen LogP) is 1.37. The zero-order chi connectivity index (χ0) is 13.5. The second-order valence-electron chi connectivity index (χ2n) is 5.60. The summed E-state index contributed by atoms with van der Waals surface area (Å²) in [5, 5.41) is 3.44. The van der Waals surface area contributed by atoms with Crippen LogP contribution in [0.2, 0.25) is 0 Å². The number of nitrogens with one attached hydrogen (secondary N) is 1. The molecule has 2 fully saturated rings. The second kappa shape index (κ2) is 4.89. The van der Waals surface area contributed by atoms with Gasteiger partial charge in [-0.1, -0.05) is 17.7 Å². The van der Waals surface area contributed by atoms with E-state index in [1.54, 1.807) is 16.4 Å². The molecule has 0 aliphatic carbocycles. The molecule has 3 rings (SSSR count). The molecule has 2 aliphatic heterocycles. The van der Waals surface area contributed by atoms with Gasteiger partial charge in [-0.05, 0) is 44.4 Å². The molecule has 1 N–H and O–H groups in total. The molecule has 1 aromatic carbocycles. The van der Waals surface area contributed by atoms with Gasteiger partial charge in [-0.25, -0.2) is 8.42 Å². The molecular formula is C14H20N2O2S. The molecule has 0 bridgehead atoms. The van der Waals surface area contributed by atoms with Gasteiger partial charge in [0, 0.05) is 19.1 Å². The lowest BCUT2D eigenvalue weighted by atomic mass is 9.94. The normalized spacial score (nSPS) is 28.3. The first-order valence-electron chi connectivity index (χ1n) is 6.87. The number of hydrogen-bond donors (Lipinski definition) is 1. The molecule has 0 saturated carbocycles. The van der Waals surface area contributed by atoms with Gasteiger partial charge in [0.05, 0.1) is 4.90 Å². The summed E-state index contributed by atoms with van der Waals surface area (Å²) in [4.78, 5) is 0.414. The van der Waals surface area contributed by atoms with Crippen molar-refractivity contribution in [3.05, 3.63) is 29.8 Å². The van der Waals surface area contributed by atoms with Crippen molar-refractivity contribution in [2.24, 2.45) is 5.92 Å². The van der Waals surface area contributed by atoms with Crippen LogP contribution in [-0.4, -0.2) is 38.4 Å². The van der Waals surface area contributed by atoms with E-state index in [1.807, 2.05) is 19.1 Å². The van der Waals surface area contributed by atoms with Gasteiger partial charge in [-0.15, -0.1) is 0 Å². The summed E-state index contributed by atoms with van der Waals surface area (Å²) in [6.07, 6.45) is 2.29. The predicted molar refractivity (Wildman–Crippen MR) is 74.5 cm³/mol. The summed E-state index contributed by atoms with van der Waals surface area (Å²) in [7, 11) is -3.32. The average molecular weight is 280 g/mol. The van der Waals surface area contributed by atoms with E-state index < -0.39 is 10.0 Å². The molecular weight excluding hydrogens is 260 g/mol. The highest BCUT2D eigenvalue weighted by Gasteiger charge is 2.39. The van der Waals surface area contributed by atoms with Crippen LogP contribution < -0.4 is 5.32 Å². The molecule has 2 aliphatic rings. The highest BCUT2D eigenvalue weighted by Crippen LogP contribution is 2.29. The molecule has 0 aromatic heterocycles. The van der Waals surface area contributed by atoms with Crippen LogP contribution in [0.15, 0.2) is 29.2 Å². The van der Waals surface area contributed by atoms with Crippen LogP contribution in [0.5, 0.6) is 0 Å². The van der Waals surface area contributed by atoms with E-state index in [1.165, 1.54) is 0 Å². The topological polar surface area (TPSA) is 49.4 Å². The SMILES string of the molecule is Cc1ccc(S(=O)(=O)N2CC3NCCC[C@@H]3C2)cc1. The Morgan fingerprint density at radius 3 is 2.63 bits per heavy atom. The first-order chi connectivity index (χ1) is 9.07. The Balaban J connectivity index is 1.83. The Bertz CT molecular complexity index is 539. The lowest BCUT2D eigenvalue weighted by Crippen LogP contribution is -2.41. The van der Waals surface area contributed by atoms with Crippen molar-refractivity contribution in [2.75, 3.05) is 19.6 Å². The maximum absolute atomic E-state index is 12.6. The van der Waals surface area contributed by atoms with Gasteiger partial charge in [0.1, 0.15) is 0 Å². The number of rotatable bonds is 2. The van der Waals surface area contributed by atoms with E-state index in [-0.39, 0.29) is 0 Å². The van der Waals surface area contributed by atoms with E-state index in [2.05, 4.69) is 5.32 Å². The van der Waals surface area contributed by atoms with Crippen molar-refractivity contribution >= 4 is 10.0 Å². The summed E-state index contributed by atoms with van der Waals surface area (Å²) in [5.41, 5.74) is 1.08. The van der Waals surface area contributed by atoms with E-state index in [9.17, 15) is 8.42 Å².